The van der Waals surface area contributed by atoms with Crippen LogP contribution < -0.4 is 0 Å². The van der Waals surface area contributed by atoms with E-state index in [1.807, 2.05) is 0 Å². The van der Waals surface area contributed by atoms with Crippen LogP contribution in [0.2, 0.25) is 0 Å². The molecule has 1 aromatic carbocycles. The van der Waals surface area contributed by atoms with E-state index in [2.05, 4.69) is 30.3 Å². The zero-order valence-corrected chi connectivity index (χ0v) is 8.51. The standard InChI is InChI=1S/C9H15P/c10-8-4-7-9-5-2-1-3-6-9/h1-3,5-6H,4,7-8H2,10H4. The van der Waals surface area contributed by atoms with Gasteiger partial charge in [0.25, 0.3) is 0 Å². The Bertz CT molecular complexity index is 169. The zero-order valence-electron chi connectivity index (χ0n) is 6.51. The quantitative estimate of drug-likeness (QED) is 0.584. The summed E-state index contributed by atoms with van der Waals surface area (Å²) in [6.07, 6.45) is 4.06. The molecule has 0 spiro atoms. The van der Waals surface area contributed by atoms with Crippen molar-refractivity contribution in [2.75, 3.05) is 6.16 Å². The van der Waals surface area contributed by atoms with Crippen LogP contribution in [0.4, 0.5) is 0 Å². The van der Waals surface area contributed by atoms with Gasteiger partial charge in [0, 0.05) is 0 Å². The Morgan fingerprint density at radius 1 is 1.10 bits per heavy atom. The fraction of sp³-hybridized carbons (Fsp3) is 0.333. The van der Waals surface area contributed by atoms with Gasteiger partial charge in [-0.2, -0.15) is 0 Å². The molecule has 1 aromatic rings. The average Bonchev–Trinajstić information content (AvgIpc) is 2.03. The third kappa shape index (κ3) is 2.49. The van der Waals surface area contributed by atoms with Crippen LogP contribution in [-0.4, -0.2) is 6.16 Å². The van der Waals surface area contributed by atoms with Crippen molar-refractivity contribution in [1.82, 2.24) is 0 Å². The van der Waals surface area contributed by atoms with Crippen molar-refractivity contribution in [2.24, 2.45) is 0 Å². The fourth-order valence-corrected chi connectivity index (χ4v) is 1.38. The Kier molecular flexibility index (Phi) is 3.46. The van der Waals surface area contributed by atoms with Crippen molar-refractivity contribution in [3.05, 3.63) is 35.9 Å². The Labute approximate surface area is 64.9 Å². The van der Waals surface area contributed by atoms with E-state index in [-0.39, 0.29) is 0 Å². The van der Waals surface area contributed by atoms with Gasteiger partial charge in [0.05, 0.1) is 0 Å². The monoisotopic (exact) mass is 154 g/mol. The predicted octanol–water partition coefficient (Wildman–Crippen LogP) is 1.96. The molecule has 56 valence electrons. The normalized spacial score (nSPS) is 9.80. The first-order chi connectivity index (χ1) is 4.93. The van der Waals surface area contributed by atoms with E-state index in [9.17, 15) is 0 Å². The molecule has 0 amide bonds. The van der Waals surface area contributed by atoms with Gasteiger partial charge in [-0.05, 0) is 0 Å². The van der Waals surface area contributed by atoms with E-state index in [4.69, 9.17) is 0 Å². The predicted molar refractivity (Wildman–Crippen MR) is 52.1 cm³/mol. The molecule has 0 bridgehead atoms. The van der Waals surface area contributed by atoms with E-state index in [1.54, 1.807) is 0 Å². The van der Waals surface area contributed by atoms with Crippen molar-refractivity contribution >= 4 is 9.24 Å². The van der Waals surface area contributed by atoms with Crippen LogP contribution in [0.25, 0.3) is 0 Å². The fourth-order valence-electron chi connectivity index (χ4n) is 1.03. The van der Waals surface area contributed by atoms with Crippen molar-refractivity contribution in [1.29, 1.82) is 0 Å². The molecule has 0 atom stereocenters. The van der Waals surface area contributed by atoms with Crippen LogP contribution in [-0.2, 0) is 6.42 Å². The van der Waals surface area contributed by atoms with Gasteiger partial charge in [-0.15, -0.1) is 0 Å². The first-order valence-electron chi connectivity index (χ1n) is 3.97. The maximum absolute atomic E-state index is 2.21. The van der Waals surface area contributed by atoms with Gasteiger partial charge in [0.2, 0.25) is 0 Å². The second-order valence-electron chi connectivity index (χ2n) is 2.59. The molecule has 0 aliphatic heterocycles. The molecule has 0 aromatic heterocycles. The van der Waals surface area contributed by atoms with Gasteiger partial charge in [-0.3, -0.25) is 0 Å². The molecular weight excluding hydrogens is 139 g/mol. The van der Waals surface area contributed by atoms with E-state index >= 15 is 0 Å². The molecule has 0 fully saturated rings. The van der Waals surface area contributed by atoms with Crippen LogP contribution in [0.5, 0.6) is 0 Å². The van der Waals surface area contributed by atoms with Gasteiger partial charge in [-0.1, -0.05) is 0 Å². The molecule has 0 N–H and O–H groups in total. The van der Waals surface area contributed by atoms with Crippen LogP contribution in [0.3, 0.4) is 0 Å². The third-order valence-corrected chi connectivity index (χ3v) is 2.37. The van der Waals surface area contributed by atoms with Crippen LogP contribution in [0, 0.1) is 0 Å². The average molecular weight is 154 g/mol. The van der Waals surface area contributed by atoms with E-state index in [0.717, 1.165) is 0 Å². The van der Waals surface area contributed by atoms with Gasteiger partial charge in [0.15, 0.2) is 0 Å². The number of benzene rings is 1. The minimum atomic E-state index is 1.27. The van der Waals surface area contributed by atoms with Crippen molar-refractivity contribution in [2.45, 2.75) is 12.8 Å². The summed E-state index contributed by atoms with van der Waals surface area (Å²) in [5, 5.41) is 0. The summed E-state index contributed by atoms with van der Waals surface area (Å²) in [5.41, 5.74) is 1.48. The van der Waals surface area contributed by atoms with Crippen LogP contribution in [0.15, 0.2) is 30.3 Å². The SMILES string of the molecule is [PH4]CCCc1ccccc1. The first-order valence-corrected chi connectivity index (χ1v) is 5.39. The Balaban J connectivity index is 2.43. The summed E-state index contributed by atoms with van der Waals surface area (Å²) in [5.74, 6) is 0. The summed E-state index contributed by atoms with van der Waals surface area (Å²) in [7, 11) is 1.35. The molecule has 1 rings (SSSR count). The summed E-state index contributed by atoms with van der Waals surface area (Å²) >= 11 is 0. The number of hydrogen-bond acceptors (Lipinski definition) is 0. The summed E-state index contributed by atoms with van der Waals surface area (Å²) in [6, 6.07) is 10.7. The molecule has 0 aliphatic rings. The summed E-state index contributed by atoms with van der Waals surface area (Å²) < 4.78 is 0. The summed E-state index contributed by atoms with van der Waals surface area (Å²) in [4.78, 5) is 0. The topological polar surface area (TPSA) is 0 Å². The molecular formula is C9H15P. The third-order valence-electron chi connectivity index (χ3n) is 1.66. The molecule has 0 unspecified atom stereocenters. The maximum atomic E-state index is 2.21. The molecule has 0 radical (unpaired) electrons. The number of hydrogen-bond donors (Lipinski definition) is 0. The van der Waals surface area contributed by atoms with Gasteiger partial charge in [-0.25, -0.2) is 0 Å². The van der Waals surface area contributed by atoms with Crippen molar-refractivity contribution < 1.29 is 0 Å². The van der Waals surface area contributed by atoms with E-state index in [1.165, 1.54) is 33.8 Å². The molecule has 0 saturated heterocycles. The summed E-state index contributed by atoms with van der Waals surface area (Å²) in [6.45, 7) is 0. The Morgan fingerprint density at radius 3 is 2.40 bits per heavy atom. The van der Waals surface area contributed by atoms with Gasteiger partial charge < -0.3 is 0 Å². The van der Waals surface area contributed by atoms with Crippen LogP contribution >= 0.6 is 9.24 Å². The van der Waals surface area contributed by atoms with Crippen LogP contribution in [0.1, 0.15) is 12.0 Å². The second kappa shape index (κ2) is 4.46. The number of aryl methyl sites for hydroxylation is 1. The van der Waals surface area contributed by atoms with Crippen molar-refractivity contribution in [3.8, 4) is 0 Å². The van der Waals surface area contributed by atoms with Crippen molar-refractivity contribution in [3.63, 3.8) is 0 Å². The molecule has 1 heteroatoms. The molecule has 0 heterocycles. The molecule has 10 heavy (non-hydrogen) atoms. The zero-order chi connectivity index (χ0) is 7.23. The van der Waals surface area contributed by atoms with E-state index < -0.39 is 0 Å². The molecule has 0 nitrogen and oxygen atoms in total. The minimum absolute atomic E-state index is 1.27. The Morgan fingerprint density at radius 2 is 1.80 bits per heavy atom. The molecule has 0 aliphatic carbocycles. The molecule has 0 saturated carbocycles. The second-order valence-corrected chi connectivity index (χ2v) is 3.59. The van der Waals surface area contributed by atoms with Gasteiger partial charge in [0.1, 0.15) is 0 Å². The number of rotatable bonds is 3. The van der Waals surface area contributed by atoms with Gasteiger partial charge >= 0.3 is 64.1 Å². The Hall–Kier alpha value is -0.350. The van der Waals surface area contributed by atoms with E-state index in [0.29, 0.717) is 0 Å². The first kappa shape index (κ1) is 7.75.